The van der Waals surface area contributed by atoms with Crippen molar-refractivity contribution < 1.29 is 19.5 Å². The van der Waals surface area contributed by atoms with Crippen molar-refractivity contribution in [3.05, 3.63) is 29.8 Å². The minimum atomic E-state index is -0.761. The van der Waals surface area contributed by atoms with Gasteiger partial charge in [0.1, 0.15) is 0 Å². The molecule has 0 atom stereocenters. The van der Waals surface area contributed by atoms with Crippen LogP contribution in [-0.2, 0) is 4.79 Å². The highest BCUT2D eigenvalue weighted by Crippen LogP contribution is 2.24. The first kappa shape index (κ1) is 19.8. The predicted molar refractivity (Wildman–Crippen MR) is 99.2 cm³/mol. The van der Waals surface area contributed by atoms with Crippen molar-refractivity contribution >= 4 is 23.6 Å². The van der Waals surface area contributed by atoms with Crippen LogP contribution in [0.15, 0.2) is 24.3 Å². The minimum absolute atomic E-state index is 0.0116. The van der Waals surface area contributed by atoms with Crippen LogP contribution in [0.4, 0.5) is 10.5 Å². The topological polar surface area (TPSA) is 108 Å². The lowest BCUT2D eigenvalue weighted by molar-refractivity contribution is -0.142. The Bertz CT molecular complexity index is 656. The van der Waals surface area contributed by atoms with Crippen LogP contribution >= 0.6 is 0 Å². The normalized spacial score (nSPS) is 20.1. The van der Waals surface area contributed by atoms with Gasteiger partial charge in [-0.25, -0.2) is 4.79 Å². The van der Waals surface area contributed by atoms with Gasteiger partial charge in [0.05, 0.1) is 5.92 Å². The average Bonchev–Trinajstić information content (AvgIpc) is 2.54. The second kappa shape index (κ2) is 8.21. The number of carbonyl (C=O) groups excluding carboxylic acids is 2. The number of carboxylic acid groups (broad SMARTS) is 1. The van der Waals surface area contributed by atoms with Gasteiger partial charge in [-0.3, -0.25) is 9.59 Å². The molecule has 26 heavy (non-hydrogen) atoms. The molecule has 1 aromatic rings. The van der Waals surface area contributed by atoms with Crippen LogP contribution in [0.2, 0.25) is 0 Å². The number of hydrogen-bond donors (Lipinski definition) is 4. The number of carbonyl (C=O) groups is 3. The van der Waals surface area contributed by atoms with E-state index in [1.54, 1.807) is 24.3 Å². The second-order valence-electron chi connectivity index (χ2n) is 7.77. The Morgan fingerprint density at radius 3 is 2.08 bits per heavy atom. The number of rotatable bonds is 4. The first-order valence-corrected chi connectivity index (χ1v) is 8.87. The summed E-state index contributed by atoms with van der Waals surface area (Å²) in [4.78, 5) is 35.1. The standard InChI is InChI=1S/C19H27N3O4/c1-19(2,3)22-16(23)12-4-8-14(9-5-12)20-18(26)21-15-10-6-13(7-11-15)17(24)25/h4-5,8-9,13,15H,6-7,10-11H2,1-3H3,(H,22,23)(H,24,25)(H2,20,21,26). The molecular formula is C19H27N3O4. The van der Waals surface area contributed by atoms with E-state index < -0.39 is 5.97 Å². The molecule has 0 heterocycles. The molecule has 0 aliphatic heterocycles. The molecule has 3 amide bonds. The molecule has 0 spiro atoms. The Balaban J connectivity index is 1.82. The van der Waals surface area contributed by atoms with Gasteiger partial charge in [0.15, 0.2) is 0 Å². The van der Waals surface area contributed by atoms with E-state index in [0.717, 1.165) is 0 Å². The summed E-state index contributed by atoms with van der Waals surface area (Å²) in [5.41, 5.74) is 0.806. The highest BCUT2D eigenvalue weighted by Gasteiger charge is 2.26. The minimum Gasteiger partial charge on any atom is -0.481 e. The van der Waals surface area contributed by atoms with Crippen LogP contribution in [-0.4, -0.2) is 34.6 Å². The average molecular weight is 361 g/mol. The fraction of sp³-hybridized carbons (Fsp3) is 0.526. The number of anilines is 1. The third-order valence-electron chi connectivity index (χ3n) is 4.31. The SMILES string of the molecule is CC(C)(C)NC(=O)c1ccc(NC(=O)NC2CCC(C(=O)O)CC2)cc1. The van der Waals surface area contributed by atoms with Crippen LogP contribution in [0.3, 0.4) is 0 Å². The quantitative estimate of drug-likeness (QED) is 0.661. The molecule has 0 saturated heterocycles. The first-order chi connectivity index (χ1) is 12.1. The van der Waals surface area contributed by atoms with Crippen LogP contribution in [0, 0.1) is 5.92 Å². The molecule has 0 radical (unpaired) electrons. The highest BCUT2D eigenvalue weighted by atomic mass is 16.4. The van der Waals surface area contributed by atoms with Gasteiger partial charge in [-0.1, -0.05) is 0 Å². The molecule has 1 aliphatic rings. The summed E-state index contributed by atoms with van der Waals surface area (Å²) in [6, 6.07) is 6.35. The smallest absolute Gasteiger partial charge is 0.319 e. The number of nitrogens with one attached hydrogen (secondary N) is 3. The zero-order valence-corrected chi connectivity index (χ0v) is 15.5. The largest absolute Gasteiger partial charge is 0.481 e. The van der Waals surface area contributed by atoms with E-state index in [2.05, 4.69) is 16.0 Å². The van der Waals surface area contributed by atoms with E-state index in [4.69, 9.17) is 5.11 Å². The van der Waals surface area contributed by atoms with Crippen molar-refractivity contribution in [1.29, 1.82) is 0 Å². The predicted octanol–water partition coefficient (Wildman–Crippen LogP) is 2.98. The van der Waals surface area contributed by atoms with Gasteiger partial charge in [0.25, 0.3) is 5.91 Å². The Morgan fingerprint density at radius 1 is 1.00 bits per heavy atom. The number of hydrogen-bond acceptors (Lipinski definition) is 3. The van der Waals surface area contributed by atoms with Gasteiger partial charge in [-0.15, -0.1) is 0 Å². The maximum absolute atomic E-state index is 12.1. The van der Waals surface area contributed by atoms with Crippen LogP contribution in [0.5, 0.6) is 0 Å². The summed E-state index contributed by atoms with van der Waals surface area (Å²) < 4.78 is 0. The summed E-state index contributed by atoms with van der Waals surface area (Å²) in [6.45, 7) is 5.74. The van der Waals surface area contributed by atoms with Gasteiger partial charge in [0.2, 0.25) is 0 Å². The van der Waals surface area contributed by atoms with Crippen LogP contribution < -0.4 is 16.0 Å². The zero-order valence-electron chi connectivity index (χ0n) is 15.5. The monoisotopic (exact) mass is 361 g/mol. The zero-order chi connectivity index (χ0) is 19.3. The molecule has 7 nitrogen and oxygen atoms in total. The molecule has 0 bridgehead atoms. The van der Waals surface area contributed by atoms with Crippen molar-refractivity contribution in [2.45, 2.75) is 58.0 Å². The molecule has 4 N–H and O–H groups in total. The van der Waals surface area contributed by atoms with Crippen molar-refractivity contribution in [2.24, 2.45) is 5.92 Å². The van der Waals surface area contributed by atoms with E-state index in [0.29, 0.717) is 36.9 Å². The Kier molecular flexibility index (Phi) is 6.23. The lowest BCUT2D eigenvalue weighted by atomic mass is 9.86. The molecule has 1 aliphatic carbocycles. The van der Waals surface area contributed by atoms with Gasteiger partial charge in [-0.05, 0) is 70.7 Å². The van der Waals surface area contributed by atoms with Gasteiger partial charge >= 0.3 is 12.0 Å². The first-order valence-electron chi connectivity index (χ1n) is 8.87. The van der Waals surface area contributed by atoms with Gasteiger partial charge in [-0.2, -0.15) is 0 Å². The molecule has 2 rings (SSSR count). The van der Waals surface area contributed by atoms with E-state index >= 15 is 0 Å². The number of amides is 3. The maximum atomic E-state index is 12.1. The van der Waals surface area contributed by atoms with Crippen molar-refractivity contribution in [3.63, 3.8) is 0 Å². The number of carboxylic acids is 1. The fourth-order valence-corrected chi connectivity index (χ4v) is 2.95. The molecule has 0 unspecified atom stereocenters. The van der Waals surface area contributed by atoms with E-state index in [-0.39, 0.29) is 29.4 Å². The van der Waals surface area contributed by atoms with Crippen LogP contribution in [0.25, 0.3) is 0 Å². The van der Waals surface area contributed by atoms with Crippen molar-refractivity contribution in [2.75, 3.05) is 5.32 Å². The lowest BCUT2D eigenvalue weighted by Gasteiger charge is -2.26. The molecule has 7 heteroatoms. The lowest BCUT2D eigenvalue weighted by Crippen LogP contribution is -2.41. The molecule has 1 saturated carbocycles. The summed E-state index contributed by atoms with van der Waals surface area (Å²) in [6.07, 6.45) is 2.49. The molecule has 0 aromatic heterocycles. The number of benzene rings is 1. The van der Waals surface area contributed by atoms with E-state index in [9.17, 15) is 14.4 Å². The Hall–Kier alpha value is -2.57. The summed E-state index contributed by atoms with van der Waals surface area (Å²) in [5, 5.41) is 17.5. The number of urea groups is 1. The maximum Gasteiger partial charge on any atom is 0.319 e. The summed E-state index contributed by atoms with van der Waals surface area (Å²) in [7, 11) is 0. The number of aliphatic carboxylic acids is 1. The third kappa shape index (κ3) is 6.06. The summed E-state index contributed by atoms with van der Waals surface area (Å²) in [5.74, 6) is -1.23. The van der Waals surface area contributed by atoms with Crippen molar-refractivity contribution in [3.8, 4) is 0 Å². The third-order valence-corrected chi connectivity index (χ3v) is 4.31. The fourth-order valence-electron chi connectivity index (χ4n) is 2.95. The molecule has 1 aromatic carbocycles. The molecule has 1 fully saturated rings. The van der Waals surface area contributed by atoms with Crippen molar-refractivity contribution in [1.82, 2.24) is 10.6 Å². The second-order valence-corrected chi connectivity index (χ2v) is 7.77. The summed E-state index contributed by atoms with van der Waals surface area (Å²) >= 11 is 0. The molecular weight excluding hydrogens is 334 g/mol. The molecule has 142 valence electrons. The highest BCUT2D eigenvalue weighted by molar-refractivity contribution is 5.96. The van der Waals surface area contributed by atoms with Gasteiger partial charge < -0.3 is 21.1 Å². The Morgan fingerprint density at radius 2 is 1.58 bits per heavy atom. The van der Waals surface area contributed by atoms with Gasteiger partial charge in [0, 0.05) is 22.8 Å². The van der Waals surface area contributed by atoms with Crippen LogP contribution in [0.1, 0.15) is 56.8 Å². The van der Waals surface area contributed by atoms with E-state index in [1.165, 1.54) is 0 Å². The Labute approximate surface area is 153 Å². The van der Waals surface area contributed by atoms with E-state index in [1.807, 2.05) is 20.8 Å².